The van der Waals surface area contributed by atoms with Crippen molar-refractivity contribution >= 4 is 39.4 Å². The number of fused-ring (bicyclic) bond motifs is 2. The van der Waals surface area contributed by atoms with Crippen molar-refractivity contribution in [2.45, 2.75) is 25.3 Å². The van der Waals surface area contributed by atoms with Crippen LogP contribution in [-0.2, 0) is 0 Å². The number of aromatic nitrogens is 4. The number of nitrogens with one attached hydrogen (secondary N) is 1. The van der Waals surface area contributed by atoms with Gasteiger partial charge in [0.1, 0.15) is 11.6 Å². The van der Waals surface area contributed by atoms with Crippen LogP contribution in [0.3, 0.4) is 0 Å². The Bertz CT molecular complexity index is 1180. The summed E-state index contributed by atoms with van der Waals surface area (Å²) in [5, 5.41) is 1.40. The Balaban J connectivity index is 1.63. The van der Waals surface area contributed by atoms with E-state index in [0.29, 0.717) is 22.9 Å². The first-order valence-electron chi connectivity index (χ1n) is 9.07. The summed E-state index contributed by atoms with van der Waals surface area (Å²) >= 11 is 6.08. The van der Waals surface area contributed by atoms with Gasteiger partial charge in [-0.05, 0) is 43.2 Å². The minimum Gasteiger partial charge on any atom is -0.346 e. The normalized spacial score (nSPS) is 17.3. The highest BCUT2D eigenvalue weighted by Gasteiger charge is 2.31. The summed E-state index contributed by atoms with van der Waals surface area (Å²) in [5.41, 5.74) is 2.20. The number of para-hydroxylation sites is 1. The lowest BCUT2D eigenvalue weighted by Gasteiger charge is -2.25. The van der Waals surface area contributed by atoms with Gasteiger partial charge < -0.3 is 9.88 Å². The minimum atomic E-state index is -2.72. The van der Waals surface area contributed by atoms with Crippen LogP contribution in [0.4, 0.5) is 14.6 Å². The van der Waals surface area contributed by atoms with E-state index in [9.17, 15) is 8.78 Å². The predicted octanol–water partition coefficient (Wildman–Crippen LogP) is 5.44. The van der Waals surface area contributed by atoms with E-state index in [1.807, 2.05) is 24.3 Å². The fourth-order valence-corrected chi connectivity index (χ4v) is 4.03. The third-order valence-electron chi connectivity index (χ3n) is 5.10. The Morgan fingerprint density at radius 1 is 1.07 bits per heavy atom. The maximum atomic E-state index is 13.4. The van der Waals surface area contributed by atoms with Gasteiger partial charge in [-0.3, -0.25) is 0 Å². The zero-order valence-corrected chi connectivity index (χ0v) is 15.5. The molecule has 0 unspecified atom stereocenters. The van der Waals surface area contributed by atoms with E-state index in [4.69, 9.17) is 16.6 Å². The molecule has 3 heterocycles. The number of benzene rings is 2. The Morgan fingerprint density at radius 2 is 1.93 bits per heavy atom. The number of hydrogen-bond donors (Lipinski definition) is 1. The summed E-state index contributed by atoms with van der Waals surface area (Å²) in [4.78, 5) is 18.3. The van der Waals surface area contributed by atoms with Crippen LogP contribution in [0, 0.1) is 0 Å². The van der Waals surface area contributed by atoms with Gasteiger partial charge in [-0.15, -0.1) is 0 Å². The standard InChI is InChI=1S/C20H16ClF2N5/c21-11-7-8-14-15(10-11)26-18(25-14)16-6-3-9-28(16)20-12-4-1-2-5-13(12)24-19(27-20)17(22)23/h1-2,4-5,7-8,10,16-17H,3,6,9H2,(H,25,26)/t16-/m0/s1. The molecule has 0 radical (unpaired) electrons. The van der Waals surface area contributed by atoms with Gasteiger partial charge in [0, 0.05) is 17.0 Å². The average molecular weight is 400 g/mol. The van der Waals surface area contributed by atoms with Crippen LogP contribution in [0.1, 0.15) is 37.0 Å². The first kappa shape index (κ1) is 17.3. The number of anilines is 1. The molecule has 0 spiro atoms. The molecule has 0 saturated carbocycles. The smallest absolute Gasteiger partial charge is 0.297 e. The molecule has 1 atom stereocenters. The number of halogens is 3. The molecule has 2 aromatic carbocycles. The zero-order chi connectivity index (χ0) is 19.3. The fourth-order valence-electron chi connectivity index (χ4n) is 3.86. The third kappa shape index (κ3) is 2.86. The molecule has 4 aromatic rings. The molecule has 8 heteroatoms. The number of aromatic amines is 1. The summed E-state index contributed by atoms with van der Waals surface area (Å²) in [6.07, 6.45) is -0.946. The van der Waals surface area contributed by atoms with E-state index in [1.54, 1.807) is 18.2 Å². The van der Waals surface area contributed by atoms with Gasteiger partial charge in [0.2, 0.25) is 0 Å². The molecule has 1 saturated heterocycles. The van der Waals surface area contributed by atoms with Crippen molar-refractivity contribution in [1.29, 1.82) is 0 Å². The lowest BCUT2D eigenvalue weighted by molar-refractivity contribution is 0.141. The SMILES string of the molecule is FC(F)c1nc(N2CCC[C@H]2c2nc3ccc(Cl)cc3[nH]2)c2ccccc2n1. The number of hydrogen-bond acceptors (Lipinski definition) is 4. The average Bonchev–Trinajstić information content (AvgIpc) is 3.33. The highest BCUT2D eigenvalue weighted by atomic mass is 35.5. The monoisotopic (exact) mass is 399 g/mol. The Labute approximate surface area is 164 Å². The first-order chi connectivity index (χ1) is 13.6. The van der Waals surface area contributed by atoms with Gasteiger partial charge in [0.15, 0.2) is 5.82 Å². The van der Waals surface area contributed by atoms with Crippen LogP contribution in [0.5, 0.6) is 0 Å². The molecule has 5 rings (SSSR count). The quantitative estimate of drug-likeness (QED) is 0.498. The van der Waals surface area contributed by atoms with Crippen molar-refractivity contribution < 1.29 is 8.78 Å². The van der Waals surface area contributed by atoms with Crippen molar-refractivity contribution in [3.63, 3.8) is 0 Å². The Morgan fingerprint density at radius 3 is 2.79 bits per heavy atom. The summed E-state index contributed by atoms with van der Waals surface area (Å²) in [6, 6.07) is 12.7. The molecule has 0 aliphatic carbocycles. The zero-order valence-electron chi connectivity index (χ0n) is 14.7. The van der Waals surface area contributed by atoms with Crippen molar-refractivity contribution in [3.8, 4) is 0 Å². The molecular formula is C20H16ClF2N5. The van der Waals surface area contributed by atoms with E-state index >= 15 is 0 Å². The van der Waals surface area contributed by atoms with Crippen LogP contribution in [0.25, 0.3) is 21.9 Å². The molecule has 0 bridgehead atoms. The van der Waals surface area contributed by atoms with E-state index in [2.05, 4.69) is 19.9 Å². The van der Waals surface area contributed by atoms with E-state index in [1.165, 1.54) is 0 Å². The topological polar surface area (TPSA) is 57.7 Å². The van der Waals surface area contributed by atoms with Gasteiger partial charge in [-0.1, -0.05) is 23.7 Å². The summed E-state index contributed by atoms with van der Waals surface area (Å²) < 4.78 is 26.8. The second kappa shape index (κ2) is 6.67. The summed E-state index contributed by atoms with van der Waals surface area (Å²) in [7, 11) is 0. The minimum absolute atomic E-state index is 0.0741. The molecule has 2 aromatic heterocycles. The number of H-pyrrole nitrogens is 1. The Kier molecular flexibility index (Phi) is 4.12. The highest BCUT2D eigenvalue weighted by Crippen LogP contribution is 2.38. The molecule has 28 heavy (non-hydrogen) atoms. The van der Waals surface area contributed by atoms with Gasteiger partial charge in [0.05, 0.1) is 22.6 Å². The lowest BCUT2D eigenvalue weighted by atomic mass is 10.2. The molecule has 1 aliphatic rings. The van der Waals surface area contributed by atoms with Crippen LogP contribution in [0.2, 0.25) is 5.02 Å². The summed E-state index contributed by atoms with van der Waals surface area (Å²) in [6.45, 7) is 0.714. The molecule has 5 nitrogen and oxygen atoms in total. The second-order valence-corrected chi connectivity index (χ2v) is 7.29. The van der Waals surface area contributed by atoms with Gasteiger partial charge >= 0.3 is 0 Å². The van der Waals surface area contributed by atoms with Crippen molar-refractivity contribution in [1.82, 2.24) is 19.9 Å². The molecule has 0 amide bonds. The molecule has 1 aliphatic heterocycles. The third-order valence-corrected chi connectivity index (χ3v) is 5.33. The second-order valence-electron chi connectivity index (χ2n) is 6.86. The fraction of sp³-hybridized carbons (Fsp3) is 0.250. The summed E-state index contributed by atoms with van der Waals surface area (Å²) in [5.74, 6) is 0.869. The molecular weight excluding hydrogens is 384 g/mol. The van der Waals surface area contributed by atoms with E-state index in [-0.39, 0.29) is 6.04 Å². The largest absolute Gasteiger partial charge is 0.346 e. The van der Waals surface area contributed by atoms with Gasteiger partial charge in [0.25, 0.3) is 6.43 Å². The molecule has 1 fully saturated rings. The van der Waals surface area contributed by atoms with E-state index in [0.717, 1.165) is 35.1 Å². The number of rotatable bonds is 3. The van der Waals surface area contributed by atoms with Crippen molar-refractivity contribution in [3.05, 3.63) is 59.1 Å². The number of alkyl halides is 2. The highest BCUT2D eigenvalue weighted by molar-refractivity contribution is 6.31. The van der Waals surface area contributed by atoms with Crippen LogP contribution in [-0.4, -0.2) is 26.5 Å². The number of nitrogens with zero attached hydrogens (tertiary/aromatic N) is 4. The van der Waals surface area contributed by atoms with Gasteiger partial charge in [-0.25, -0.2) is 23.7 Å². The van der Waals surface area contributed by atoms with Crippen molar-refractivity contribution in [2.24, 2.45) is 0 Å². The molecule has 142 valence electrons. The van der Waals surface area contributed by atoms with Gasteiger partial charge in [-0.2, -0.15) is 0 Å². The molecule has 1 N–H and O–H groups in total. The Hall–Kier alpha value is -2.80. The lowest BCUT2D eigenvalue weighted by Crippen LogP contribution is -2.25. The van der Waals surface area contributed by atoms with Crippen molar-refractivity contribution in [2.75, 3.05) is 11.4 Å². The van der Waals surface area contributed by atoms with Crippen LogP contribution in [0.15, 0.2) is 42.5 Å². The number of imidazole rings is 1. The first-order valence-corrected chi connectivity index (χ1v) is 9.44. The van der Waals surface area contributed by atoms with E-state index < -0.39 is 12.2 Å². The van der Waals surface area contributed by atoms with Crippen LogP contribution < -0.4 is 4.90 Å². The predicted molar refractivity (Wildman–Crippen MR) is 105 cm³/mol. The van der Waals surface area contributed by atoms with Crippen LogP contribution >= 0.6 is 11.6 Å². The maximum absolute atomic E-state index is 13.4. The maximum Gasteiger partial charge on any atom is 0.297 e.